The van der Waals surface area contributed by atoms with E-state index in [1.54, 1.807) is 35.0 Å². The number of aromatic nitrogens is 3. The number of fused-ring (bicyclic) bond motifs is 3. The number of carbonyl (C=O) groups is 1. The third kappa shape index (κ3) is 4.31. The number of nitrogens with zero attached hydrogens (tertiary/aromatic N) is 3. The lowest BCUT2D eigenvalue weighted by atomic mass is 10.1. The van der Waals surface area contributed by atoms with Crippen molar-refractivity contribution < 1.29 is 9.18 Å². The van der Waals surface area contributed by atoms with Crippen molar-refractivity contribution in [2.75, 3.05) is 5.75 Å². The molecule has 3 aromatic heterocycles. The lowest BCUT2D eigenvalue weighted by Gasteiger charge is -2.12. The van der Waals surface area contributed by atoms with E-state index in [9.17, 15) is 14.0 Å². The maximum atomic E-state index is 13.5. The second-order valence-electron chi connectivity index (χ2n) is 7.63. The van der Waals surface area contributed by atoms with Gasteiger partial charge in [0.25, 0.3) is 5.56 Å². The van der Waals surface area contributed by atoms with E-state index in [4.69, 9.17) is 4.98 Å². The van der Waals surface area contributed by atoms with E-state index < -0.39 is 0 Å². The van der Waals surface area contributed by atoms with Crippen molar-refractivity contribution >= 4 is 49.3 Å². The van der Waals surface area contributed by atoms with Crippen LogP contribution in [0.1, 0.15) is 21.5 Å². The van der Waals surface area contributed by atoms with Crippen LogP contribution in [0, 0.1) is 12.7 Å². The number of benzene rings is 2. The second-order valence-corrected chi connectivity index (χ2v) is 9.57. The van der Waals surface area contributed by atoms with E-state index in [0.717, 1.165) is 21.3 Å². The van der Waals surface area contributed by atoms with Crippen molar-refractivity contribution in [3.63, 3.8) is 0 Å². The number of pyridine rings is 1. The van der Waals surface area contributed by atoms with Gasteiger partial charge in [-0.25, -0.2) is 14.4 Å². The molecule has 0 radical (unpaired) electrons. The molecule has 0 saturated carbocycles. The number of Topliss-reactive ketones (excluding diaryl/α,β-unsaturated/α-hetero) is 1. The van der Waals surface area contributed by atoms with Crippen LogP contribution in [-0.4, -0.2) is 26.1 Å². The SMILES string of the molecule is Cc1ccc(C(=O)CSc2nc3c(sc4ncccc43)c(=O)n2Cc2ccc(F)cc2)cc1. The second kappa shape index (κ2) is 8.88. The predicted molar refractivity (Wildman–Crippen MR) is 131 cm³/mol. The van der Waals surface area contributed by atoms with Gasteiger partial charge in [0, 0.05) is 17.1 Å². The molecule has 0 aliphatic heterocycles. The Morgan fingerprint density at radius 3 is 2.61 bits per heavy atom. The number of hydrogen-bond acceptors (Lipinski definition) is 6. The first-order chi connectivity index (χ1) is 16.0. The molecule has 0 spiro atoms. The molecule has 5 aromatic rings. The van der Waals surface area contributed by atoms with Gasteiger partial charge in [0.15, 0.2) is 10.9 Å². The van der Waals surface area contributed by atoms with Gasteiger partial charge in [-0.05, 0) is 36.8 Å². The largest absolute Gasteiger partial charge is 0.293 e. The molecule has 0 atom stereocenters. The summed E-state index contributed by atoms with van der Waals surface area (Å²) in [6, 6.07) is 17.1. The zero-order chi connectivity index (χ0) is 22.9. The molecule has 0 aliphatic rings. The first-order valence-corrected chi connectivity index (χ1v) is 12.0. The number of carbonyl (C=O) groups excluding carboxylic acids is 1. The molecule has 0 amide bonds. The lowest BCUT2D eigenvalue weighted by Crippen LogP contribution is -2.23. The van der Waals surface area contributed by atoms with E-state index >= 15 is 0 Å². The predicted octanol–water partition coefficient (Wildman–Crippen LogP) is 5.48. The van der Waals surface area contributed by atoms with Crippen LogP contribution >= 0.6 is 23.1 Å². The Labute approximate surface area is 196 Å². The normalized spacial score (nSPS) is 11.3. The zero-order valence-corrected chi connectivity index (χ0v) is 19.3. The minimum absolute atomic E-state index is 0.0421. The summed E-state index contributed by atoms with van der Waals surface area (Å²) < 4.78 is 15.4. The molecule has 0 bridgehead atoms. The van der Waals surface area contributed by atoms with Gasteiger partial charge in [-0.15, -0.1) is 11.3 Å². The van der Waals surface area contributed by atoms with Gasteiger partial charge in [-0.2, -0.15) is 0 Å². The number of rotatable bonds is 6. The van der Waals surface area contributed by atoms with Gasteiger partial charge in [-0.3, -0.25) is 14.2 Å². The Hall–Kier alpha value is -3.36. The number of thiophene rings is 1. The van der Waals surface area contributed by atoms with Crippen LogP contribution in [0.3, 0.4) is 0 Å². The van der Waals surface area contributed by atoms with Crippen LogP contribution in [0.15, 0.2) is 76.8 Å². The Kier molecular flexibility index (Phi) is 5.78. The molecule has 33 heavy (non-hydrogen) atoms. The molecule has 8 heteroatoms. The molecule has 0 fully saturated rings. The highest BCUT2D eigenvalue weighted by Crippen LogP contribution is 2.31. The summed E-state index contributed by atoms with van der Waals surface area (Å²) >= 11 is 2.53. The summed E-state index contributed by atoms with van der Waals surface area (Å²) in [6.45, 7) is 2.20. The van der Waals surface area contributed by atoms with Gasteiger partial charge in [0.05, 0.1) is 17.8 Å². The first kappa shape index (κ1) is 21.5. The molecule has 0 saturated heterocycles. The van der Waals surface area contributed by atoms with Crippen LogP contribution in [-0.2, 0) is 6.54 Å². The number of thioether (sulfide) groups is 1. The summed E-state index contributed by atoms with van der Waals surface area (Å²) in [5.74, 6) is -0.238. The summed E-state index contributed by atoms with van der Waals surface area (Å²) in [5, 5.41) is 1.26. The fraction of sp³-hybridized carbons (Fsp3) is 0.120. The third-order valence-corrected chi connectivity index (χ3v) is 7.34. The number of ketones is 1. The molecular weight excluding hydrogens is 457 g/mol. The number of halogens is 1. The topological polar surface area (TPSA) is 64.8 Å². The quantitative estimate of drug-likeness (QED) is 0.185. The standard InChI is InChI=1S/C25H18FN3O2S2/c1-15-4-8-17(9-5-15)20(30)14-32-25-28-21-19-3-2-12-27-23(19)33-22(21)24(31)29(25)13-16-6-10-18(26)11-7-16/h2-12H,13-14H2,1H3. The van der Waals surface area contributed by atoms with E-state index in [1.165, 1.54) is 35.2 Å². The van der Waals surface area contributed by atoms with Gasteiger partial charge < -0.3 is 0 Å². The van der Waals surface area contributed by atoms with Gasteiger partial charge in [0.1, 0.15) is 15.3 Å². The van der Waals surface area contributed by atoms with Crippen molar-refractivity contribution in [3.05, 3.63) is 99.7 Å². The highest BCUT2D eigenvalue weighted by atomic mass is 32.2. The van der Waals surface area contributed by atoms with Crippen molar-refractivity contribution in [2.24, 2.45) is 0 Å². The van der Waals surface area contributed by atoms with Gasteiger partial charge >= 0.3 is 0 Å². The van der Waals surface area contributed by atoms with E-state index in [-0.39, 0.29) is 29.5 Å². The van der Waals surface area contributed by atoms with Crippen LogP contribution in [0.5, 0.6) is 0 Å². The monoisotopic (exact) mass is 475 g/mol. The van der Waals surface area contributed by atoms with E-state index in [0.29, 0.717) is 20.9 Å². The Balaban J connectivity index is 1.57. The molecular formula is C25H18FN3O2S2. The Morgan fingerprint density at radius 2 is 1.85 bits per heavy atom. The number of hydrogen-bond donors (Lipinski definition) is 0. The Morgan fingerprint density at radius 1 is 1.09 bits per heavy atom. The summed E-state index contributed by atoms with van der Waals surface area (Å²) in [7, 11) is 0. The summed E-state index contributed by atoms with van der Waals surface area (Å²) in [6.07, 6.45) is 1.69. The fourth-order valence-electron chi connectivity index (χ4n) is 3.52. The third-order valence-electron chi connectivity index (χ3n) is 5.28. The lowest BCUT2D eigenvalue weighted by molar-refractivity contribution is 0.102. The highest BCUT2D eigenvalue weighted by molar-refractivity contribution is 7.99. The van der Waals surface area contributed by atoms with Crippen LogP contribution in [0.4, 0.5) is 4.39 Å². The Bertz CT molecular complexity index is 1540. The minimum atomic E-state index is -0.339. The van der Waals surface area contributed by atoms with Crippen LogP contribution in [0.25, 0.3) is 20.4 Å². The maximum absolute atomic E-state index is 13.5. The molecule has 0 unspecified atom stereocenters. The summed E-state index contributed by atoms with van der Waals surface area (Å²) in [4.78, 5) is 36.1. The first-order valence-electron chi connectivity index (χ1n) is 10.2. The molecule has 164 valence electrons. The van der Waals surface area contributed by atoms with Crippen LogP contribution < -0.4 is 5.56 Å². The summed E-state index contributed by atoms with van der Waals surface area (Å²) in [5.41, 5.74) is 2.86. The molecule has 3 heterocycles. The molecule has 0 N–H and O–H groups in total. The van der Waals surface area contributed by atoms with Crippen molar-refractivity contribution in [2.45, 2.75) is 18.6 Å². The highest BCUT2D eigenvalue weighted by Gasteiger charge is 2.18. The molecule has 0 aliphatic carbocycles. The fourth-order valence-corrected chi connectivity index (χ4v) is 5.43. The molecule has 5 nitrogen and oxygen atoms in total. The average molecular weight is 476 g/mol. The van der Waals surface area contributed by atoms with E-state index in [2.05, 4.69) is 4.98 Å². The number of aryl methyl sites for hydroxylation is 1. The van der Waals surface area contributed by atoms with Gasteiger partial charge in [0.2, 0.25) is 0 Å². The average Bonchev–Trinajstić information content (AvgIpc) is 3.20. The van der Waals surface area contributed by atoms with Crippen molar-refractivity contribution in [1.82, 2.24) is 14.5 Å². The maximum Gasteiger partial charge on any atom is 0.272 e. The van der Waals surface area contributed by atoms with Gasteiger partial charge in [-0.1, -0.05) is 53.7 Å². The molecule has 5 rings (SSSR count). The van der Waals surface area contributed by atoms with E-state index in [1.807, 2.05) is 31.2 Å². The van der Waals surface area contributed by atoms with Crippen LogP contribution in [0.2, 0.25) is 0 Å². The zero-order valence-electron chi connectivity index (χ0n) is 17.6. The molecule has 2 aromatic carbocycles. The smallest absolute Gasteiger partial charge is 0.272 e. The van der Waals surface area contributed by atoms with Crippen molar-refractivity contribution in [1.29, 1.82) is 0 Å². The minimum Gasteiger partial charge on any atom is -0.293 e. The van der Waals surface area contributed by atoms with Crippen molar-refractivity contribution in [3.8, 4) is 0 Å².